The Bertz CT molecular complexity index is 1240. The van der Waals surface area contributed by atoms with Crippen molar-refractivity contribution >= 4 is 0 Å². The standard InChI is InChI=1S/C21H18N2O7/c1-27-10-12-9-14(25)19(26)20(30-12)18-17(11-5-6-13(24)16(8-11)28-2)22-21(23-18)15-4-3-7-29-15/h3-9,24,26H,10H2,1-2H3,(H,22,23). The summed E-state index contributed by atoms with van der Waals surface area (Å²) in [6, 6.07) is 9.23. The molecule has 4 aromatic rings. The minimum atomic E-state index is -0.619. The second-order valence-corrected chi connectivity index (χ2v) is 6.36. The highest BCUT2D eigenvalue weighted by Gasteiger charge is 2.23. The van der Waals surface area contributed by atoms with Crippen LogP contribution >= 0.6 is 0 Å². The summed E-state index contributed by atoms with van der Waals surface area (Å²) in [5, 5.41) is 20.3. The van der Waals surface area contributed by atoms with E-state index < -0.39 is 11.2 Å². The maximum Gasteiger partial charge on any atom is 0.227 e. The van der Waals surface area contributed by atoms with Gasteiger partial charge in [-0.25, -0.2) is 4.98 Å². The van der Waals surface area contributed by atoms with Gasteiger partial charge in [0, 0.05) is 18.7 Å². The summed E-state index contributed by atoms with van der Waals surface area (Å²) in [6.45, 7) is 0.0457. The highest BCUT2D eigenvalue weighted by atomic mass is 16.5. The zero-order valence-corrected chi connectivity index (χ0v) is 16.1. The fourth-order valence-electron chi connectivity index (χ4n) is 3.02. The summed E-state index contributed by atoms with van der Waals surface area (Å²) in [5.74, 6) is 0.567. The van der Waals surface area contributed by atoms with Crippen LogP contribution in [0.5, 0.6) is 17.2 Å². The fraction of sp³-hybridized carbons (Fsp3) is 0.143. The van der Waals surface area contributed by atoms with E-state index in [0.717, 1.165) is 6.07 Å². The number of nitrogens with zero attached hydrogens (tertiary/aromatic N) is 1. The van der Waals surface area contributed by atoms with Crippen LogP contribution in [0.1, 0.15) is 5.76 Å². The smallest absolute Gasteiger partial charge is 0.227 e. The molecule has 1 aromatic carbocycles. The molecule has 3 heterocycles. The first-order chi connectivity index (χ1) is 14.5. The summed E-state index contributed by atoms with van der Waals surface area (Å²) in [4.78, 5) is 19.9. The summed E-state index contributed by atoms with van der Waals surface area (Å²) in [5.41, 5.74) is 0.536. The van der Waals surface area contributed by atoms with E-state index in [2.05, 4.69) is 9.97 Å². The van der Waals surface area contributed by atoms with Crippen LogP contribution in [0, 0.1) is 0 Å². The van der Waals surface area contributed by atoms with Crippen LogP contribution in [-0.2, 0) is 11.3 Å². The molecule has 0 amide bonds. The Morgan fingerprint density at radius 3 is 2.70 bits per heavy atom. The molecule has 0 saturated carbocycles. The van der Waals surface area contributed by atoms with Crippen molar-refractivity contribution in [3.05, 3.63) is 58.6 Å². The summed E-state index contributed by atoms with van der Waals surface area (Å²) in [7, 11) is 2.89. The molecule has 3 N–H and O–H groups in total. The molecule has 0 aliphatic heterocycles. The van der Waals surface area contributed by atoms with E-state index in [-0.39, 0.29) is 35.3 Å². The molecule has 154 valence electrons. The molecule has 4 rings (SSSR count). The van der Waals surface area contributed by atoms with Crippen LogP contribution in [-0.4, -0.2) is 34.4 Å². The van der Waals surface area contributed by atoms with Crippen molar-refractivity contribution in [3.63, 3.8) is 0 Å². The van der Waals surface area contributed by atoms with Crippen LogP contribution in [0.4, 0.5) is 0 Å². The fourth-order valence-corrected chi connectivity index (χ4v) is 3.02. The second-order valence-electron chi connectivity index (χ2n) is 6.36. The van der Waals surface area contributed by atoms with E-state index in [1.165, 1.54) is 26.5 Å². The lowest BCUT2D eigenvalue weighted by Crippen LogP contribution is -2.04. The number of aromatic nitrogens is 2. The quantitative estimate of drug-likeness (QED) is 0.440. The van der Waals surface area contributed by atoms with E-state index in [9.17, 15) is 15.0 Å². The van der Waals surface area contributed by atoms with Gasteiger partial charge in [0.2, 0.25) is 11.2 Å². The molecule has 0 fully saturated rings. The average molecular weight is 410 g/mol. The Balaban J connectivity index is 1.97. The van der Waals surface area contributed by atoms with Crippen molar-refractivity contribution in [1.29, 1.82) is 0 Å². The van der Waals surface area contributed by atoms with Crippen LogP contribution in [0.15, 0.2) is 56.3 Å². The molecule has 30 heavy (non-hydrogen) atoms. The third-order valence-corrected chi connectivity index (χ3v) is 4.40. The van der Waals surface area contributed by atoms with Gasteiger partial charge in [0.25, 0.3) is 0 Å². The van der Waals surface area contributed by atoms with Crippen molar-refractivity contribution in [1.82, 2.24) is 9.97 Å². The van der Waals surface area contributed by atoms with Crippen molar-refractivity contribution in [2.75, 3.05) is 14.2 Å². The van der Waals surface area contributed by atoms with Gasteiger partial charge in [0.15, 0.2) is 28.8 Å². The lowest BCUT2D eigenvalue weighted by atomic mass is 10.1. The number of hydrogen-bond acceptors (Lipinski definition) is 8. The molecular formula is C21H18N2O7. The Morgan fingerprint density at radius 1 is 1.17 bits per heavy atom. The van der Waals surface area contributed by atoms with Gasteiger partial charge in [-0.15, -0.1) is 0 Å². The van der Waals surface area contributed by atoms with E-state index in [1.54, 1.807) is 24.3 Å². The predicted molar refractivity (Wildman–Crippen MR) is 106 cm³/mol. The second kappa shape index (κ2) is 7.80. The Morgan fingerprint density at radius 2 is 2.00 bits per heavy atom. The lowest BCUT2D eigenvalue weighted by molar-refractivity contribution is 0.162. The van der Waals surface area contributed by atoms with E-state index in [4.69, 9.17) is 18.3 Å². The number of phenols is 1. The number of phenolic OH excluding ortho intramolecular Hbond substituents is 1. The van der Waals surface area contributed by atoms with Crippen molar-refractivity contribution in [3.8, 4) is 51.5 Å². The van der Waals surface area contributed by atoms with E-state index in [1.807, 2.05) is 0 Å². The molecule has 0 aliphatic rings. The number of H-pyrrole nitrogens is 1. The van der Waals surface area contributed by atoms with E-state index in [0.29, 0.717) is 22.8 Å². The van der Waals surface area contributed by atoms with Gasteiger partial charge >= 0.3 is 0 Å². The molecule has 0 atom stereocenters. The van der Waals surface area contributed by atoms with Gasteiger partial charge in [-0.3, -0.25) is 4.79 Å². The lowest BCUT2D eigenvalue weighted by Gasteiger charge is -2.08. The molecule has 0 spiro atoms. The number of benzene rings is 1. The summed E-state index contributed by atoms with van der Waals surface area (Å²) < 4.78 is 21.4. The number of rotatable bonds is 6. The van der Waals surface area contributed by atoms with Crippen molar-refractivity contribution < 1.29 is 28.5 Å². The number of aromatic amines is 1. The van der Waals surface area contributed by atoms with E-state index >= 15 is 0 Å². The zero-order valence-electron chi connectivity index (χ0n) is 16.1. The molecule has 9 nitrogen and oxygen atoms in total. The largest absolute Gasteiger partial charge is 0.504 e. The third kappa shape index (κ3) is 3.42. The van der Waals surface area contributed by atoms with Gasteiger partial charge < -0.3 is 33.5 Å². The van der Waals surface area contributed by atoms with Crippen molar-refractivity contribution in [2.45, 2.75) is 6.61 Å². The number of imidazole rings is 1. The monoisotopic (exact) mass is 410 g/mol. The first-order valence-electron chi connectivity index (χ1n) is 8.88. The summed E-state index contributed by atoms with van der Waals surface area (Å²) in [6.07, 6.45) is 1.50. The normalized spacial score (nSPS) is 11.0. The Labute approximate surface area is 170 Å². The molecule has 0 aliphatic carbocycles. The molecule has 0 saturated heterocycles. The van der Waals surface area contributed by atoms with Gasteiger partial charge in [0.05, 0.1) is 13.4 Å². The molecule has 0 unspecified atom stereocenters. The zero-order chi connectivity index (χ0) is 21.3. The molecule has 3 aromatic heterocycles. The van der Waals surface area contributed by atoms with Gasteiger partial charge in [-0.2, -0.15) is 0 Å². The van der Waals surface area contributed by atoms with Gasteiger partial charge in [0.1, 0.15) is 23.8 Å². The molecular weight excluding hydrogens is 392 g/mol. The first-order valence-corrected chi connectivity index (χ1v) is 8.88. The Hall–Kier alpha value is -3.98. The minimum absolute atomic E-state index is 0.0407. The maximum atomic E-state index is 12.3. The topological polar surface area (TPSA) is 131 Å². The molecule has 9 heteroatoms. The van der Waals surface area contributed by atoms with Crippen LogP contribution in [0.25, 0.3) is 34.3 Å². The van der Waals surface area contributed by atoms with Crippen molar-refractivity contribution in [2.24, 2.45) is 0 Å². The van der Waals surface area contributed by atoms with Gasteiger partial charge in [-0.1, -0.05) is 0 Å². The summed E-state index contributed by atoms with van der Waals surface area (Å²) >= 11 is 0. The average Bonchev–Trinajstić information content (AvgIpc) is 3.41. The van der Waals surface area contributed by atoms with Gasteiger partial charge in [-0.05, 0) is 30.3 Å². The van der Waals surface area contributed by atoms with Crippen LogP contribution in [0.3, 0.4) is 0 Å². The van der Waals surface area contributed by atoms with Crippen LogP contribution < -0.4 is 10.2 Å². The number of furan rings is 1. The SMILES string of the molecule is COCc1cc(=O)c(O)c(-c2[nH]c(-c3ccco3)nc2-c2ccc(O)c(OC)c2)o1. The first kappa shape index (κ1) is 19.3. The number of ether oxygens (including phenoxy) is 2. The third-order valence-electron chi connectivity index (χ3n) is 4.40. The molecule has 0 bridgehead atoms. The minimum Gasteiger partial charge on any atom is -0.504 e. The predicted octanol–water partition coefficient (Wildman–Crippen LogP) is 3.52. The number of hydrogen-bond donors (Lipinski definition) is 3. The number of nitrogens with one attached hydrogen (secondary N) is 1. The van der Waals surface area contributed by atoms with Crippen LogP contribution in [0.2, 0.25) is 0 Å². The maximum absolute atomic E-state index is 12.3. The molecule has 0 radical (unpaired) electrons. The highest BCUT2D eigenvalue weighted by Crippen LogP contribution is 2.39. The number of aromatic hydroxyl groups is 2. The highest BCUT2D eigenvalue weighted by molar-refractivity contribution is 5.81. The number of methoxy groups -OCH3 is 2. The Kier molecular flexibility index (Phi) is 5.03.